The average molecular weight is 258 g/mol. The zero-order valence-corrected chi connectivity index (χ0v) is 10.4. The van der Waals surface area contributed by atoms with E-state index in [4.69, 9.17) is 19.5 Å². The van der Waals surface area contributed by atoms with Crippen LogP contribution in [-0.2, 0) is 23.7 Å². The van der Waals surface area contributed by atoms with Crippen molar-refractivity contribution in [3.63, 3.8) is 0 Å². The molecule has 0 amide bonds. The summed E-state index contributed by atoms with van der Waals surface area (Å²) in [6.45, 7) is 5.22. The van der Waals surface area contributed by atoms with Crippen molar-refractivity contribution in [1.82, 2.24) is 0 Å². The molecule has 1 heterocycles. The minimum Gasteiger partial charge on any atom is -0.507 e. The molecule has 0 spiro atoms. The Morgan fingerprint density at radius 2 is 1.67 bits per heavy atom. The van der Waals surface area contributed by atoms with Crippen molar-refractivity contribution in [2.75, 3.05) is 0 Å². The highest BCUT2D eigenvalue weighted by molar-refractivity contribution is 6.53. The molecule has 0 aromatic rings. The minimum absolute atomic E-state index is 0.561. The zero-order chi connectivity index (χ0) is 14.1. The van der Waals surface area contributed by atoms with Crippen molar-refractivity contribution in [3.05, 3.63) is 0 Å². The first-order valence-corrected chi connectivity index (χ1v) is 5.39. The fourth-order valence-electron chi connectivity index (χ4n) is 1.61. The van der Waals surface area contributed by atoms with Gasteiger partial charge in [0.15, 0.2) is 5.60 Å². The van der Waals surface area contributed by atoms with Crippen LogP contribution in [0.4, 0.5) is 0 Å². The van der Waals surface area contributed by atoms with Gasteiger partial charge in [-0.25, -0.2) is 0 Å². The molecule has 7 nitrogen and oxygen atoms in total. The van der Waals surface area contributed by atoms with E-state index in [1.54, 1.807) is 20.8 Å². The van der Waals surface area contributed by atoms with Gasteiger partial charge in [0.2, 0.25) is 0 Å². The SMILES string of the molecule is CC(C)(C)B1OC(=O)C(CC(=O)O)(CC(=O)O)O1. The maximum atomic E-state index is 11.8. The van der Waals surface area contributed by atoms with Crippen LogP contribution in [0, 0.1) is 0 Å². The summed E-state index contributed by atoms with van der Waals surface area (Å²) in [6, 6.07) is 0. The maximum Gasteiger partial charge on any atom is 0.533 e. The molecule has 1 aliphatic heterocycles. The van der Waals surface area contributed by atoms with Crippen molar-refractivity contribution < 1.29 is 33.9 Å². The number of rotatable bonds is 4. The van der Waals surface area contributed by atoms with Gasteiger partial charge >= 0.3 is 25.0 Å². The highest BCUT2D eigenvalue weighted by Crippen LogP contribution is 2.39. The third kappa shape index (κ3) is 3.01. The van der Waals surface area contributed by atoms with Crippen LogP contribution in [0.2, 0.25) is 5.31 Å². The Balaban J connectivity index is 3.01. The van der Waals surface area contributed by atoms with Crippen LogP contribution < -0.4 is 0 Å². The zero-order valence-electron chi connectivity index (χ0n) is 10.4. The normalized spacial score (nSPS) is 18.6. The molecule has 100 valence electrons. The Morgan fingerprint density at radius 3 is 1.94 bits per heavy atom. The van der Waals surface area contributed by atoms with Crippen LogP contribution >= 0.6 is 0 Å². The van der Waals surface area contributed by atoms with Gasteiger partial charge in [0.25, 0.3) is 0 Å². The Morgan fingerprint density at radius 1 is 1.22 bits per heavy atom. The molecule has 0 radical (unpaired) electrons. The lowest BCUT2D eigenvalue weighted by Crippen LogP contribution is -2.42. The Labute approximate surface area is 104 Å². The van der Waals surface area contributed by atoms with E-state index in [2.05, 4.69) is 0 Å². The monoisotopic (exact) mass is 258 g/mol. The summed E-state index contributed by atoms with van der Waals surface area (Å²) in [7, 11) is -0.955. The molecule has 2 N–H and O–H groups in total. The number of carbonyl (C=O) groups excluding carboxylic acids is 1. The van der Waals surface area contributed by atoms with Gasteiger partial charge in [0.1, 0.15) is 0 Å². The lowest BCUT2D eigenvalue weighted by molar-refractivity contribution is -0.157. The first-order valence-electron chi connectivity index (χ1n) is 5.39. The van der Waals surface area contributed by atoms with Crippen LogP contribution in [0.3, 0.4) is 0 Å². The summed E-state index contributed by atoms with van der Waals surface area (Å²) in [5, 5.41) is 17.0. The second-order valence-electron chi connectivity index (χ2n) is 5.36. The maximum absolute atomic E-state index is 11.8. The van der Waals surface area contributed by atoms with Crippen LogP contribution in [-0.4, -0.2) is 40.8 Å². The molecule has 8 heteroatoms. The fourth-order valence-corrected chi connectivity index (χ4v) is 1.61. The predicted molar refractivity (Wildman–Crippen MR) is 59.9 cm³/mol. The van der Waals surface area contributed by atoms with Crippen molar-refractivity contribution in [1.29, 1.82) is 0 Å². The Hall–Kier alpha value is -1.57. The lowest BCUT2D eigenvalue weighted by Gasteiger charge is -2.23. The molecule has 18 heavy (non-hydrogen) atoms. The van der Waals surface area contributed by atoms with E-state index < -0.39 is 48.8 Å². The number of carboxylic acids is 2. The highest BCUT2D eigenvalue weighted by Gasteiger charge is 2.58. The van der Waals surface area contributed by atoms with E-state index in [0.717, 1.165) is 0 Å². The van der Waals surface area contributed by atoms with Gasteiger partial charge in [0, 0.05) is 5.31 Å². The average Bonchev–Trinajstić information content (AvgIpc) is 2.40. The van der Waals surface area contributed by atoms with Gasteiger partial charge in [-0.1, -0.05) is 20.8 Å². The molecular formula is C10H15BO7. The molecule has 1 aliphatic rings. The molecule has 0 bridgehead atoms. The summed E-state index contributed by atoms with van der Waals surface area (Å²) in [4.78, 5) is 33.3. The summed E-state index contributed by atoms with van der Waals surface area (Å²) >= 11 is 0. The minimum atomic E-state index is -1.93. The number of carboxylic acid groups (broad SMARTS) is 2. The Kier molecular flexibility index (Phi) is 3.71. The van der Waals surface area contributed by atoms with Crippen molar-refractivity contribution in [2.24, 2.45) is 0 Å². The number of hydrogen-bond acceptors (Lipinski definition) is 5. The topological polar surface area (TPSA) is 110 Å². The van der Waals surface area contributed by atoms with E-state index in [1.165, 1.54) is 0 Å². The molecule has 1 fully saturated rings. The Bertz CT molecular complexity index is 368. The largest absolute Gasteiger partial charge is 0.533 e. The van der Waals surface area contributed by atoms with Crippen molar-refractivity contribution in [2.45, 2.75) is 44.5 Å². The third-order valence-electron chi connectivity index (χ3n) is 2.50. The third-order valence-corrected chi connectivity index (χ3v) is 2.50. The second kappa shape index (κ2) is 4.60. The van der Waals surface area contributed by atoms with E-state index in [-0.39, 0.29) is 0 Å². The van der Waals surface area contributed by atoms with Crippen LogP contribution in [0.25, 0.3) is 0 Å². The quantitative estimate of drug-likeness (QED) is 0.707. The van der Waals surface area contributed by atoms with E-state index >= 15 is 0 Å². The lowest BCUT2D eigenvalue weighted by atomic mass is 9.61. The molecular weight excluding hydrogens is 243 g/mol. The van der Waals surface area contributed by atoms with Gasteiger partial charge in [-0.15, -0.1) is 0 Å². The summed E-state index contributed by atoms with van der Waals surface area (Å²) < 4.78 is 10.3. The summed E-state index contributed by atoms with van der Waals surface area (Å²) in [5.41, 5.74) is -1.93. The first-order chi connectivity index (χ1) is 8.07. The molecule has 0 aromatic heterocycles. The van der Waals surface area contributed by atoms with Gasteiger partial charge < -0.3 is 19.5 Å². The number of hydrogen-bond donors (Lipinski definition) is 2. The van der Waals surface area contributed by atoms with Crippen LogP contribution in [0.15, 0.2) is 0 Å². The number of aliphatic carboxylic acids is 2. The predicted octanol–water partition coefficient (Wildman–Crippen LogP) is 0.536. The van der Waals surface area contributed by atoms with Crippen LogP contribution in [0.1, 0.15) is 33.6 Å². The smallest absolute Gasteiger partial charge is 0.507 e. The first kappa shape index (κ1) is 14.5. The molecule has 0 atom stereocenters. The standard InChI is InChI=1S/C10H15BO7/c1-9(2,3)11-17-8(16)10(18-11,4-6(12)13)5-7(14)15/h4-5H2,1-3H3,(H,12,13)(H,14,15). The fraction of sp³-hybridized carbons (Fsp3) is 0.700. The molecule has 1 rings (SSSR count). The number of carbonyl (C=O) groups is 3. The second-order valence-corrected chi connectivity index (χ2v) is 5.36. The molecule has 0 aliphatic carbocycles. The molecule has 1 saturated heterocycles. The van der Waals surface area contributed by atoms with Gasteiger partial charge in [-0.05, 0) is 0 Å². The van der Waals surface area contributed by atoms with Crippen molar-refractivity contribution >= 4 is 25.0 Å². The molecule has 0 aromatic carbocycles. The van der Waals surface area contributed by atoms with E-state index in [0.29, 0.717) is 0 Å². The summed E-state index contributed by atoms with van der Waals surface area (Å²) in [5.74, 6) is -3.57. The van der Waals surface area contributed by atoms with Crippen LogP contribution in [0.5, 0.6) is 0 Å². The van der Waals surface area contributed by atoms with Gasteiger partial charge in [-0.3, -0.25) is 14.4 Å². The van der Waals surface area contributed by atoms with Crippen molar-refractivity contribution in [3.8, 4) is 0 Å². The molecule has 0 saturated carbocycles. The summed E-state index contributed by atoms with van der Waals surface area (Å²) in [6.07, 6.45) is -1.46. The van der Waals surface area contributed by atoms with E-state index in [1.807, 2.05) is 0 Å². The molecule has 0 unspecified atom stereocenters. The highest BCUT2D eigenvalue weighted by atomic mass is 16.7. The van der Waals surface area contributed by atoms with Gasteiger partial charge in [0.05, 0.1) is 12.8 Å². The van der Waals surface area contributed by atoms with Gasteiger partial charge in [-0.2, -0.15) is 0 Å². The van der Waals surface area contributed by atoms with E-state index in [9.17, 15) is 14.4 Å².